The molecule has 7 heteroatoms. The van der Waals surface area contributed by atoms with Gasteiger partial charge in [-0.3, -0.25) is 4.72 Å². The van der Waals surface area contributed by atoms with Crippen LogP contribution in [0.5, 0.6) is 0 Å². The zero-order chi connectivity index (χ0) is 19.0. The molecule has 0 aliphatic heterocycles. The number of pyridine rings is 1. The molecule has 3 heterocycles. The lowest BCUT2D eigenvalue weighted by atomic mass is 10.1. The molecule has 0 spiro atoms. The van der Waals surface area contributed by atoms with E-state index >= 15 is 0 Å². The molecule has 0 bridgehead atoms. The van der Waals surface area contributed by atoms with Crippen molar-refractivity contribution < 1.29 is 8.42 Å². The number of benzene rings is 1. The summed E-state index contributed by atoms with van der Waals surface area (Å²) >= 11 is 1.30. The number of hydrogen-bond donors (Lipinski definition) is 1. The standard InChI is InChI=1S/C20H19N3O2S2/c1-3-17-9-10-19(26-17)27(24,25)22-16-8-4-7-15(12-16)18-13-23-11-5-6-14(2)20(23)21-18/h4-13,22H,3H2,1-2H3. The predicted octanol–water partition coefficient (Wildman–Crippen LogP) is 4.73. The fraction of sp³-hybridized carbons (Fsp3) is 0.150. The molecule has 138 valence electrons. The first-order chi connectivity index (χ1) is 13.0. The SMILES string of the molecule is CCc1ccc(S(=O)(=O)Nc2cccc(-c3cn4cccc(C)c4n3)c2)s1. The molecule has 0 unspecified atom stereocenters. The minimum atomic E-state index is -3.59. The Morgan fingerprint density at radius 1 is 1.15 bits per heavy atom. The normalized spacial score (nSPS) is 11.8. The maximum Gasteiger partial charge on any atom is 0.271 e. The molecule has 4 rings (SSSR count). The van der Waals surface area contributed by atoms with Crippen LogP contribution >= 0.6 is 11.3 Å². The second kappa shape index (κ2) is 6.83. The highest BCUT2D eigenvalue weighted by Crippen LogP contribution is 2.27. The molecular formula is C20H19N3O2S2. The molecule has 0 radical (unpaired) electrons. The van der Waals surface area contributed by atoms with Gasteiger partial charge in [0, 0.05) is 28.5 Å². The largest absolute Gasteiger partial charge is 0.306 e. The number of thiophene rings is 1. The van der Waals surface area contributed by atoms with Gasteiger partial charge in [0.25, 0.3) is 10.0 Å². The number of aromatic nitrogens is 2. The van der Waals surface area contributed by atoms with Gasteiger partial charge in [-0.15, -0.1) is 11.3 Å². The summed E-state index contributed by atoms with van der Waals surface area (Å²) < 4.78 is 30.3. The highest BCUT2D eigenvalue weighted by Gasteiger charge is 2.17. The van der Waals surface area contributed by atoms with Gasteiger partial charge in [0.2, 0.25) is 0 Å². The van der Waals surface area contributed by atoms with E-state index < -0.39 is 10.0 Å². The Hall–Kier alpha value is -2.64. The van der Waals surface area contributed by atoms with Crippen molar-refractivity contribution in [3.8, 4) is 11.3 Å². The van der Waals surface area contributed by atoms with E-state index in [1.54, 1.807) is 12.1 Å². The van der Waals surface area contributed by atoms with E-state index in [0.717, 1.165) is 33.8 Å². The maximum absolute atomic E-state index is 12.6. The van der Waals surface area contributed by atoms with Gasteiger partial charge >= 0.3 is 0 Å². The molecule has 27 heavy (non-hydrogen) atoms. The van der Waals surface area contributed by atoms with Crippen LogP contribution in [0.1, 0.15) is 17.4 Å². The summed E-state index contributed by atoms with van der Waals surface area (Å²) in [5.41, 5.74) is 4.16. The van der Waals surface area contributed by atoms with Crippen LogP contribution in [-0.4, -0.2) is 17.8 Å². The van der Waals surface area contributed by atoms with E-state index in [1.165, 1.54) is 11.3 Å². The number of nitrogens with one attached hydrogen (secondary N) is 1. The van der Waals surface area contributed by atoms with Crippen molar-refractivity contribution in [3.63, 3.8) is 0 Å². The molecule has 1 aromatic carbocycles. The Labute approximate surface area is 162 Å². The second-order valence-corrected chi connectivity index (χ2v) is 9.39. The first-order valence-electron chi connectivity index (χ1n) is 8.62. The highest BCUT2D eigenvalue weighted by molar-refractivity contribution is 7.94. The van der Waals surface area contributed by atoms with Gasteiger partial charge in [0.15, 0.2) is 0 Å². The zero-order valence-corrected chi connectivity index (χ0v) is 16.6. The summed E-state index contributed by atoms with van der Waals surface area (Å²) in [6, 6.07) is 14.8. The molecule has 4 aromatic rings. The van der Waals surface area contributed by atoms with Gasteiger partial charge in [-0.05, 0) is 49.2 Å². The summed E-state index contributed by atoms with van der Waals surface area (Å²) in [6.45, 7) is 4.03. The minimum absolute atomic E-state index is 0.327. The predicted molar refractivity (Wildman–Crippen MR) is 110 cm³/mol. The molecule has 1 N–H and O–H groups in total. The highest BCUT2D eigenvalue weighted by atomic mass is 32.2. The van der Waals surface area contributed by atoms with Gasteiger partial charge in [0.1, 0.15) is 9.86 Å². The van der Waals surface area contributed by atoms with E-state index in [1.807, 2.05) is 67.0 Å². The van der Waals surface area contributed by atoms with Crippen LogP contribution in [0.2, 0.25) is 0 Å². The van der Waals surface area contributed by atoms with Crippen LogP contribution in [-0.2, 0) is 16.4 Å². The average Bonchev–Trinajstić information content (AvgIpc) is 3.30. The lowest BCUT2D eigenvalue weighted by Crippen LogP contribution is -2.11. The number of nitrogens with zero attached hydrogens (tertiary/aromatic N) is 2. The van der Waals surface area contributed by atoms with Crippen molar-refractivity contribution in [1.82, 2.24) is 9.38 Å². The van der Waals surface area contributed by atoms with Gasteiger partial charge in [-0.2, -0.15) is 0 Å². The van der Waals surface area contributed by atoms with Crippen LogP contribution in [0.3, 0.4) is 0 Å². The van der Waals surface area contributed by atoms with Crippen molar-refractivity contribution >= 4 is 32.7 Å². The number of fused-ring (bicyclic) bond motifs is 1. The summed E-state index contributed by atoms with van der Waals surface area (Å²) in [4.78, 5) is 5.73. The van der Waals surface area contributed by atoms with Crippen molar-refractivity contribution in [3.05, 3.63) is 71.4 Å². The fourth-order valence-corrected chi connectivity index (χ4v) is 5.28. The van der Waals surface area contributed by atoms with Gasteiger partial charge < -0.3 is 4.40 Å². The maximum atomic E-state index is 12.6. The smallest absolute Gasteiger partial charge is 0.271 e. The number of hydrogen-bond acceptors (Lipinski definition) is 4. The Balaban J connectivity index is 1.66. The summed E-state index contributed by atoms with van der Waals surface area (Å²) in [7, 11) is -3.59. The van der Waals surface area contributed by atoms with E-state index in [2.05, 4.69) is 9.71 Å². The van der Waals surface area contributed by atoms with Crippen molar-refractivity contribution in [2.24, 2.45) is 0 Å². The van der Waals surface area contributed by atoms with Gasteiger partial charge in [-0.25, -0.2) is 13.4 Å². The third-order valence-electron chi connectivity index (χ3n) is 4.34. The fourth-order valence-electron chi connectivity index (χ4n) is 2.93. The average molecular weight is 398 g/mol. The second-order valence-electron chi connectivity index (χ2n) is 6.31. The van der Waals surface area contributed by atoms with Crippen molar-refractivity contribution in [2.45, 2.75) is 24.5 Å². The molecular weight excluding hydrogens is 378 g/mol. The first-order valence-corrected chi connectivity index (χ1v) is 10.9. The number of aryl methyl sites for hydroxylation is 2. The zero-order valence-electron chi connectivity index (χ0n) is 15.0. The summed E-state index contributed by atoms with van der Waals surface area (Å²) in [5, 5.41) is 0. The molecule has 0 saturated carbocycles. The van der Waals surface area contributed by atoms with Crippen LogP contribution < -0.4 is 4.72 Å². The Kier molecular flexibility index (Phi) is 4.49. The van der Waals surface area contributed by atoms with E-state index in [4.69, 9.17) is 0 Å². The third-order valence-corrected chi connectivity index (χ3v) is 7.44. The molecule has 0 saturated heterocycles. The lowest BCUT2D eigenvalue weighted by molar-refractivity contribution is 0.603. The molecule has 0 amide bonds. The summed E-state index contributed by atoms with van der Waals surface area (Å²) in [6.07, 6.45) is 4.72. The Bertz CT molecular complexity index is 1220. The minimum Gasteiger partial charge on any atom is -0.306 e. The number of imidazole rings is 1. The number of anilines is 1. The van der Waals surface area contributed by atoms with Crippen molar-refractivity contribution in [2.75, 3.05) is 4.72 Å². The molecule has 0 fully saturated rings. The molecule has 5 nitrogen and oxygen atoms in total. The molecule has 3 aromatic heterocycles. The van der Waals surface area contributed by atoms with Crippen LogP contribution in [0, 0.1) is 6.92 Å². The quantitative estimate of drug-likeness (QED) is 0.529. The summed E-state index contributed by atoms with van der Waals surface area (Å²) in [5.74, 6) is 0. The topological polar surface area (TPSA) is 63.5 Å². The van der Waals surface area contributed by atoms with Gasteiger partial charge in [0.05, 0.1) is 5.69 Å². The monoisotopic (exact) mass is 397 g/mol. The van der Waals surface area contributed by atoms with Gasteiger partial charge in [-0.1, -0.05) is 25.1 Å². The van der Waals surface area contributed by atoms with Crippen LogP contribution in [0.25, 0.3) is 16.9 Å². The number of rotatable bonds is 5. The van der Waals surface area contributed by atoms with Crippen molar-refractivity contribution in [1.29, 1.82) is 0 Å². The Morgan fingerprint density at radius 3 is 2.74 bits per heavy atom. The molecule has 0 atom stereocenters. The van der Waals surface area contributed by atoms with E-state index in [0.29, 0.717) is 9.90 Å². The third kappa shape index (κ3) is 3.48. The first kappa shape index (κ1) is 17.8. The van der Waals surface area contributed by atoms with E-state index in [-0.39, 0.29) is 0 Å². The Morgan fingerprint density at radius 2 is 2.00 bits per heavy atom. The van der Waals surface area contributed by atoms with Crippen LogP contribution in [0.15, 0.2) is 65.1 Å². The lowest BCUT2D eigenvalue weighted by Gasteiger charge is -2.07. The number of sulfonamides is 1. The molecule has 0 aliphatic carbocycles. The van der Waals surface area contributed by atoms with E-state index in [9.17, 15) is 8.42 Å². The van der Waals surface area contributed by atoms with Crippen LogP contribution in [0.4, 0.5) is 5.69 Å². The molecule has 0 aliphatic rings.